The Balaban J connectivity index is 2.66. The molecule has 0 aliphatic carbocycles. The van der Waals surface area contributed by atoms with Crippen LogP contribution in [0.25, 0.3) is 0 Å². The van der Waals surface area contributed by atoms with Crippen LogP contribution in [0.4, 0.5) is 19.2 Å². The third kappa shape index (κ3) is 9.37. The van der Waals surface area contributed by atoms with Gasteiger partial charge in [0.15, 0.2) is 34.6 Å². The highest BCUT2D eigenvalue weighted by molar-refractivity contribution is 6.23. The molecule has 0 aliphatic rings. The van der Waals surface area contributed by atoms with Crippen molar-refractivity contribution in [3.63, 3.8) is 0 Å². The number of carboxylic acid groups (broad SMARTS) is 1. The second-order valence-corrected chi connectivity index (χ2v) is 9.01. The monoisotopic (exact) mass is 650 g/mol. The summed E-state index contributed by atoms with van der Waals surface area (Å²) in [5, 5.41) is 9.16. The predicted octanol–water partition coefficient (Wildman–Crippen LogP) is 2.61. The molecule has 0 saturated heterocycles. The molecule has 0 saturated carbocycles. The van der Waals surface area contributed by atoms with Gasteiger partial charge in [0.05, 0.1) is 28.4 Å². The molecular formula is C28H30N2O16. The van der Waals surface area contributed by atoms with E-state index >= 15 is 0 Å². The number of ether oxygens (including phenoxy) is 8. The number of ketones is 2. The molecule has 0 heterocycles. The largest absolute Gasteiger partial charge is 0.513 e. The first kappa shape index (κ1) is 36.4. The summed E-state index contributed by atoms with van der Waals surface area (Å²) in [6.45, 7) is 0. The first-order chi connectivity index (χ1) is 21.7. The van der Waals surface area contributed by atoms with Crippen molar-refractivity contribution in [3.05, 3.63) is 47.5 Å². The van der Waals surface area contributed by atoms with Gasteiger partial charge in [0.1, 0.15) is 11.6 Å². The van der Waals surface area contributed by atoms with E-state index in [-0.39, 0.29) is 35.5 Å². The summed E-state index contributed by atoms with van der Waals surface area (Å²) in [5.41, 5.74) is 8.95. The summed E-state index contributed by atoms with van der Waals surface area (Å²) in [6, 6.07) is 4.83. The van der Waals surface area contributed by atoms with Gasteiger partial charge in [-0.15, -0.1) is 0 Å². The Morgan fingerprint density at radius 3 is 1.33 bits per heavy atom. The summed E-state index contributed by atoms with van der Waals surface area (Å²) in [4.78, 5) is 86.2. The predicted molar refractivity (Wildman–Crippen MR) is 150 cm³/mol. The fourth-order valence-electron chi connectivity index (χ4n) is 3.72. The smallest absolute Gasteiger partial charge is 0.480 e. The number of aliphatic carboxylic acids is 1. The minimum atomic E-state index is -2.46. The fraction of sp³-hybridized carbons (Fsp3) is 0.321. The molecule has 0 spiro atoms. The van der Waals surface area contributed by atoms with Gasteiger partial charge in [0, 0.05) is 11.1 Å². The van der Waals surface area contributed by atoms with E-state index < -0.39 is 71.7 Å². The van der Waals surface area contributed by atoms with Crippen LogP contribution < -0.4 is 30.4 Å². The zero-order chi connectivity index (χ0) is 34.6. The van der Waals surface area contributed by atoms with E-state index in [2.05, 4.69) is 18.9 Å². The average molecular weight is 651 g/mol. The number of carboxylic acids is 1. The van der Waals surface area contributed by atoms with Gasteiger partial charge in [-0.05, 0) is 55.7 Å². The van der Waals surface area contributed by atoms with E-state index in [1.54, 1.807) is 0 Å². The summed E-state index contributed by atoms with van der Waals surface area (Å²) in [7, 11) is 4.01. The molecule has 2 aromatic carbocycles. The molecule has 0 bridgehead atoms. The SMILES string of the molecule is COC(=O)Oc1ccc(C(=O)C(N)(CCC[C@H](N)C(=O)O)C(=O)c2ccc(OC(=O)OC)c(OC(=O)OC)c2)cc1OC(=O)OC. The van der Waals surface area contributed by atoms with E-state index in [4.69, 9.17) is 35.5 Å². The maximum atomic E-state index is 14.0. The van der Waals surface area contributed by atoms with Crippen LogP contribution in [0.15, 0.2) is 36.4 Å². The molecular weight excluding hydrogens is 620 g/mol. The highest BCUT2D eigenvalue weighted by Crippen LogP contribution is 2.34. The number of rotatable bonds is 13. The molecule has 248 valence electrons. The normalized spacial score (nSPS) is 11.3. The maximum Gasteiger partial charge on any atom is 0.513 e. The van der Waals surface area contributed by atoms with Crippen molar-refractivity contribution in [2.24, 2.45) is 11.5 Å². The lowest BCUT2D eigenvalue weighted by Crippen LogP contribution is -2.55. The number of hydrogen-bond acceptors (Lipinski definition) is 17. The van der Waals surface area contributed by atoms with Gasteiger partial charge in [-0.2, -0.15) is 0 Å². The lowest BCUT2D eigenvalue weighted by atomic mass is 9.79. The van der Waals surface area contributed by atoms with Gasteiger partial charge in [-0.3, -0.25) is 14.4 Å². The molecule has 0 fully saturated rings. The minimum Gasteiger partial charge on any atom is -0.480 e. The fourth-order valence-corrected chi connectivity index (χ4v) is 3.72. The van der Waals surface area contributed by atoms with Crippen LogP contribution in [0.5, 0.6) is 23.0 Å². The Morgan fingerprint density at radius 2 is 1.00 bits per heavy atom. The first-order valence-corrected chi connectivity index (χ1v) is 12.9. The number of carbonyl (C=O) groups excluding carboxylic acids is 6. The topological polar surface area (TPSA) is 266 Å². The van der Waals surface area contributed by atoms with Gasteiger partial charge < -0.3 is 54.5 Å². The second kappa shape index (κ2) is 16.4. The molecule has 0 aliphatic heterocycles. The van der Waals surface area contributed by atoms with Crippen LogP contribution in [0, 0.1) is 0 Å². The Labute approximate surface area is 260 Å². The number of methoxy groups -OCH3 is 4. The molecule has 0 radical (unpaired) electrons. The molecule has 0 unspecified atom stereocenters. The Morgan fingerprint density at radius 1 is 0.652 bits per heavy atom. The minimum absolute atomic E-state index is 0.147. The van der Waals surface area contributed by atoms with Gasteiger partial charge in [0.2, 0.25) is 0 Å². The van der Waals surface area contributed by atoms with E-state index in [1.165, 1.54) is 0 Å². The van der Waals surface area contributed by atoms with E-state index in [0.717, 1.165) is 64.8 Å². The number of carbonyl (C=O) groups is 7. The number of nitrogens with two attached hydrogens (primary N) is 2. The Hall–Kier alpha value is -5.75. The number of benzene rings is 2. The molecule has 1 atom stereocenters. The third-order valence-electron chi connectivity index (χ3n) is 6.07. The standard InChI is InChI=1S/C28H30N2O16/c1-39-24(35)43-17-9-7-14(12-19(17)45-26(37)41-3)21(31)28(30,11-5-6-16(29)23(33)34)22(32)15-8-10-18(44-25(36)40-2)20(13-15)46-27(38)42-4/h7-10,12-13,16H,5-6,11,29-30H2,1-4H3,(H,33,34)/t16-/m0/s1. The zero-order valence-electron chi connectivity index (χ0n) is 24.9. The van der Waals surface area contributed by atoms with Crippen molar-refractivity contribution >= 4 is 42.2 Å². The van der Waals surface area contributed by atoms with Crippen LogP contribution in [0.2, 0.25) is 0 Å². The molecule has 2 aromatic rings. The van der Waals surface area contributed by atoms with Gasteiger partial charge >= 0.3 is 30.6 Å². The van der Waals surface area contributed by atoms with Gasteiger partial charge in [-0.25, -0.2) is 19.2 Å². The molecule has 5 N–H and O–H groups in total. The highest BCUT2D eigenvalue weighted by Gasteiger charge is 2.43. The second-order valence-electron chi connectivity index (χ2n) is 9.01. The van der Waals surface area contributed by atoms with Crippen LogP contribution >= 0.6 is 0 Å². The van der Waals surface area contributed by atoms with Crippen molar-refractivity contribution in [3.8, 4) is 23.0 Å². The average Bonchev–Trinajstić information content (AvgIpc) is 3.04. The summed E-state index contributed by atoms with van der Waals surface area (Å²) in [6.07, 6.45) is -5.72. The van der Waals surface area contributed by atoms with Crippen LogP contribution in [0.1, 0.15) is 40.0 Å². The van der Waals surface area contributed by atoms with Crippen molar-refractivity contribution in [2.45, 2.75) is 30.8 Å². The van der Waals surface area contributed by atoms with Gasteiger partial charge in [-0.1, -0.05) is 0 Å². The lowest BCUT2D eigenvalue weighted by Gasteiger charge is -2.27. The number of Topliss-reactive ketones (excluding diaryl/α,β-unsaturated/α-hetero) is 2. The molecule has 18 nitrogen and oxygen atoms in total. The van der Waals surface area contributed by atoms with E-state index in [1.807, 2.05) is 0 Å². The highest BCUT2D eigenvalue weighted by atomic mass is 16.8. The molecule has 0 amide bonds. The van der Waals surface area contributed by atoms with Crippen molar-refractivity contribution in [1.82, 2.24) is 0 Å². The van der Waals surface area contributed by atoms with Crippen LogP contribution in [0.3, 0.4) is 0 Å². The summed E-state index contributed by atoms with van der Waals surface area (Å²) in [5.74, 6) is -5.20. The quantitative estimate of drug-likeness (QED) is 0.0924. The first-order valence-electron chi connectivity index (χ1n) is 12.9. The van der Waals surface area contributed by atoms with E-state index in [9.17, 15) is 33.6 Å². The van der Waals surface area contributed by atoms with Crippen molar-refractivity contribution in [2.75, 3.05) is 28.4 Å². The Kier molecular flexibility index (Phi) is 13.0. The molecule has 2 rings (SSSR count). The molecule has 0 aromatic heterocycles. The van der Waals surface area contributed by atoms with E-state index in [0.29, 0.717) is 0 Å². The zero-order valence-corrected chi connectivity index (χ0v) is 24.9. The number of hydrogen-bond donors (Lipinski definition) is 3. The summed E-state index contributed by atoms with van der Waals surface area (Å²) < 4.78 is 37.5. The summed E-state index contributed by atoms with van der Waals surface area (Å²) >= 11 is 0. The molecule has 18 heteroatoms. The third-order valence-corrected chi connectivity index (χ3v) is 6.07. The van der Waals surface area contributed by atoms with Crippen LogP contribution in [-0.2, 0) is 23.7 Å². The van der Waals surface area contributed by atoms with Gasteiger partial charge in [0.25, 0.3) is 0 Å². The lowest BCUT2D eigenvalue weighted by molar-refractivity contribution is -0.138. The Bertz CT molecular complexity index is 1410. The van der Waals surface area contributed by atoms with Crippen LogP contribution in [-0.4, -0.2) is 87.3 Å². The molecule has 46 heavy (non-hydrogen) atoms. The van der Waals surface area contributed by atoms with Crippen molar-refractivity contribution < 1.29 is 76.6 Å². The maximum absolute atomic E-state index is 14.0. The van der Waals surface area contributed by atoms with Crippen molar-refractivity contribution in [1.29, 1.82) is 0 Å².